The predicted octanol–water partition coefficient (Wildman–Crippen LogP) is 1.73. The minimum Gasteiger partial charge on any atom is -0.458 e. The minimum absolute atomic E-state index is 0.0856. The van der Waals surface area contributed by atoms with E-state index in [9.17, 15) is 9.59 Å². The van der Waals surface area contributed by atoms with Gasteiger partial charge in [-0.05, 0) is 13.3 Å². The van der Waals surface area contributed by atoms with Gasteiger partial charge >= 0.3 is 12.1 Å². The van der Waals surface area contributed by atoms with E-state index in [1.165, 1.54) is 0 Å². The second-order valence-corrected chi connectivity index (χ2v) is 5.76. The number of likely N-dealkylation sites (tertiary alicyclic amines) is 1. The first kappa shape index (κ1) is 12.5. The van der Waals surface area contributed by atoms with E-state index in [0.717, 1.165) is 18.4 Å². The molecule has 19 heavy (non-hydrogen) atoms. The van der Waals surface area contributed by atoms with Gasteiger partial charge in [0, 0.05) is 31.3 Å². The second-order valence-electron chi connectivity index (χ2n) is 5.76. The van der Waals surface area contributed by atoms with Gasteiger partial charge in [-0.3, -0.25) is 4.79 Å². The molecule has 0 radical (unpaired) electrons. The molecule has 1 unspecified atom stereocenters. The quantitative estimate of drug-likeness (QED) is 0.535. The summed E-state index contributed by atoms with van der Waals surface area (Å²) in [5.41, 5.74) is 0.729. The van der Waals surface area contributed by atoms with Crippen molar-refractivity contribution in [2.45, 2.75) is 31.8 Å². The summed E-state index contributed by atoms with van der Waals surface area (Å²) in [4.78, 5) is 25.3. The molecule has 3 fully saturated rings. The number of hydrogen-bond donors (Lipinski definition) is 0. The summed E-state index contributed by atoms with van der Waals surface area (Å²) in [5.74, 6) is 0.118. The number of carbonyl (C=O) groups excluding carboxylic acids is 2. The van der Waals surface area contributed by atoms with Crippen LogP contribution in [0.4, 0.5) is 4.79 Å². The normalized spacial score (nSPS) is 36.8. The van der Waals surface area contributed by atoms with Crippen LogP contribution < -0.4 is 0 Å². The summed E-state index contributed by atoms with van der Waals surface area (Å²) in [6.45, 7) is 7.36. The van der Waals surface area contributed by atoms with Gasteiger partial charge in [0.1, 0.15) is 5.60 Å². The van der Waals surface area contributed by atoms with Crippen LogP contribution in [-0.4, -0.2) is 42.3 Å². The molecule has 1 aliphatic carbocycles. The zero-order valence-corrected chi connectivity index (χ0v) is 11.2. The van der Waals surface area contributed by atoms with Crippen LogP contribution in [0.1, 0.15) is 26.2 Å². The van der Waals surface area contributed by atoms with Gasteiger partial charge < -0.3 is 14.4 Å². The Morgan fingerprint density at radius 2 is 2.16 bits per heavy atom. The maximum atomic E-state index is 11.9. The van der Waals surface area contributed by atoms with Crippen molar-refractivity contribution in [2.24, 2.45) is 11.8 Å². The van der Waals surface area contributed by atoms with Gasteiger partial charge in [-0.1, -0.05) is 12.2 Å². The molecular weight excluding hydrogens is 246 g/mol. The van der Waals surface area contributed by atoms with Gasteiger partial charge in [0.2, 0.25) is 0 Å². The molecule has 1 spiro atoms. The van der Waals surface area contributed by atoms with Crippen LogP contribution in [0.3, 0.4) is 0 Å². The highest BCUT2D eigenvalue weighted by Gasteiger charge is 2.60. The fraction of sp³-hybridized carbons (Fsp3) is 0.714. The maximum Gasteiger partial charge on any atom is 0.409 e. The van der Waals surface area contributed by atoms with Crippen molar-refractivity contribution < 1.29 is 19.1 Å². The summed E-state index contributed by atoms with van der Waals surface area (Å²) < 4.78 is 10.7. The summed E-state index contributed by atoms with van der Waals surface area (Å²) in [5, 5.41) is 0. The van der Waals surface area contributed by atoms with Crippen molar-refractivity contribution in [1.29, 1.82) is 0 Å². The van der Waals surface area contributed by atoms with Gasteiger partial charge in [-0.25, -0.2) is 4.79 Å². The van der Waals surface area contributed by atoms with Crippen molar-refractivity contribution in [3.8, 4) is 0 Å². The van der Waals surface area contributed by atoms with Gasteiger partial charge in [-0.15, -0.1) is 0 Å². The molecule has 5 nitrogen and oxygen atoms in total. The first-order valence-corrected chi connectivity index (χ1v) is 6.85. The van der Waals surface area contributed by atoms with Crippen molar-refractivity contribution in [3.63, 3.8) is 0 Å². The van der Waals surface area contributed by atoms with E-state index in [2.05, 4.69) is 6.58 Å². The Labute approximate surface area is 112 Å². The zero-order valence-electron chi connectivity index (χ0n) is 11.2. The third-order valence-electron chi connectivity index (χ3n) is 4.57. The SMILES string of the molecule is C=C1CC2CN(C(=O)OCC)C[C@H]3CC(=O)O[C@@]23C1. The van der Waals surface area contributed by atoms with Crippen LogP contribution in [0.5, 0.6) is 0 Å². The molecule has 0 aromatic carbocycles. The van der Waals surface area contributed by atoms with E-state index >= 15 is 0 Å². The number of hydrogen-bond acceptors (Lipinski definition) is 4. The average Bonchev–Trinajstić information content (AvgIpc) is 2.81. The Morgan fingerprint density at radius 3 is 2.84 bits per heavy atom. The van der Waals surface area contributed by atoms with Crippen LogP contribution >= 0.6 is 0 Å². The fourth-order valence-corrected chi connectivity index (χ4v) is 3.85. The molecule has 3 atom stereocenters. The summed E-state index contributed by atoms with van der Waals surface area (Å²) in [7, 11) is 0. The molecule has 2 saturated heterocycles. The van der Waals surface area contributed by atoms with Gasteiger partial charge in [0.05, 0.1) is 13.0 Å². The van der Waals surface area contributed by atoms with Crippen LogP contribution in [-0.2, 0) is 14.3 Å². The molecule has 0 aromatic heterocycles. The van der Waals surface area contributed by atoms with Crippen LogP contribution in [0.25, 0.3) is 0 Å². The van der Waals surface area contributed by atoms with Crippen molar-refractivity contribution in [2.75, 3.05) is 19.7 Å². The number of ether oxygens (including phenoxy) is 2. The Morgan fingerprint density at radius 1 is 1.47 bits per heavy atom. The predicted molar refractivity (Wildman–Crippen MR) is 67.4 cm³/mol. The lowest BCUT2D eigenvalue weighted by molar-refractivity contribution is -0.155. The molecule has 2 heterocycles. The molecule has 1 saturated carbocycles. The Balaban J connectivity index is 1.84. The summed E-state index contributed by atoms with van der Waals surface area (Å²) in [6, 6.07) is 0. The van der Waals surface area contributed by atoms with Crippen molar-refractivity contribution in [1.82, 2.24) is 4.90 Å². The number of piperidine rings is 1. The first-order chi connectivity index (χ1) is 9.05. The van der Waals surface area contributed by atoms with Gasteiger partial charge in [-0.2, -0.15) is 0 Å². The van der Waals surface area contributed by atoms with E-state index < -0.39 is 5.60 Å². The van der Waals surface area contributed by atoms with Crippen LogP contribution in [0.2, 0.25) is 0 Å². The summed E-state index contributed by atoms with van der Waals surface area (Å²) >= 11 is 0. The number of esters is 1. The Kier molecular flexibility index (Phi) is 2.80. The number of nitrogens with zero attached hydrogens (tertiary/aromatic N) is 1. The van der Waals surface area contributed by atoms with Crippen molar-refractivity contribution in [3.05, 3.63) is 12.2 Å². The second kappa shape index (κ2) is 4.25. The maximum absolute atomic E-state index is 11.9. The third-order valence-corrected chi connectivity index (χ3v) is 4.57. The van der Waals surface area contributed by atoms with Gasteiger partial charge in [0.15, 0.2) is 0 Å². The monoisotopic (exact) mass is 265 g/mol. The summed E-state index contributed by atoms with van der Waals surface area (Å²) in [6.07, 6.45) is 1.71. The molecule has 1 amide bonds. The highest BCUT2D eigenvalue weighted by atomic mass is 16.6. The fourth-order valence-electron chi connectivity index (χ4n) is 3.85. The molecule has 5 heteroatoms. The molecule has 0 aromatic rings. The van der Waals surface area contributed by atoms with Crippen LogP contribution in [0, 0.1) is 11.8 Å². The molecular formula is C14H19NO4. The molecule has 3 aliphatic rings. The number of amides is 1. The molecule has 3 rings (SSSR count). The highest BCUT2D eigenvalue weighted by molar-refractivity contribution is 5.74. The smallest absolute Gasteiger partial charge is 0.409 e. The lowest BCUT2D eigenvalue weighted by atomic mass is 9.75. The van der Waals surface area contributed by atoms with E-state index in [0.29, 0.717) is 26.1 Å². The standard InChI is InChI=1S/C14H19NO4/c1-3-18-13(17)15-7-10-4-9(2)6-14(10)11(8-15)5-12(16)19-14/h10-11H,2-8H2,1H3/t10?,11-,14+/m1/s1. The largest absolute Gasteiger partial charge is 0.458 e. The Hall–Kier alpha value is -1.52. The molecule has 104 valence electrons. The van der Waals surface area contributed by atoms with E-state index in [4.69, 9.17) is 9.47 Å². The molecule has 2 aliphatic heterocycles. The van der Waals surface area contributed by atoms with E-state index in [-0.39, 0.29) is 23.9 Å². The number of carbonyl (C=O) groups is 2. The lowest BCUT2D eigenvalue weighted by Gasteiger charge is -2.43. The first-order valence-electron chi connectivity index (χ1n) is 6.85. The lowest BCUT2D eigenvalue weighted by Crippen LogP contribution is -2.55. The Bertz CT molecular complexity index is 413. The zero-order chi connectivity index (χ0) is 13.6. The minimum atomic E-state index is -0.392. The molecule has 0 bridgehead atoms. The van der Waals surface area contributed by atoms with E-state index in [1.54, 1.807) is 11.8 Å². The van der Waals surface area contributed by atoms with E-state index in [1.807, 2.05) is 0 Å². The molecule has 0 N–H and O–H groups in total. The van der Waals surface area contributed by atoms with Crippen molar-refractivity contribution >= 4 is 12.1 Å². The van der Waals surface area contributed by atoms with Gasteiger partial charge in [0.25, 0.3) is 0 Å². The highest BCUT2D eigenvalue weighted by Crippen LogP contribution is 2.53. The third kappa shape index (κ3) is 1.83. The number of rotatable bonds is 1. The average molecular weight is 265 g/mol. The van der Waals surface area contributed by atoms with Crippen LogP contribution in [0.15, 0.2) is 12.2 Å². The topological polar surface area (TPSA) is 55.8 Å².